The van der Waals surface area contributed by atoms with E-state index < -0.39 is 10.9 Å². The molecule has 2 fully saturated rings. The molecule has 1 N–H and O–H groups in total. The van der Waals surface area contributed by atoms with Crippen LogP contribution < -0.4 is 4.72 Å². The van der Waals surface area contributed by atoms with Gasteiger partial charge in [-0.3, -0.25) is 9.62 Å². The van der Waals surface area contributed by atoms with Crippen molar-refractivity contribution < 1.29 is 8.42 Å². The van der Waals surface area contributed by atoms with Gasteiger partial charge >= 0.3 is 0 Å². The molecule has 1 aliphatic carbocycles. The van der Waals surface area contributed by atoms with Crippen LogP contribution in [0.3, 0.4) is 0 Å². The van der Waals surface area contributed by atoms with E-state index in [-0.39, 0.29) is 0 Å². The number of anilines is 1. The first-order chi connectivity index (χ1) is 11.6. The Morgan fingerprint density at radius 2 is 1.71 bits per heavy atom. The quantitative estimate of drug-likeness (QED) is 0.775. The van der Waals surface area contributed by atoms with Gasteiger partial charge in [0.25, 0.3) is 0 Å². The van der Waals surface area contributed by atoms with E-state index in [4.69, 9.17) is 0 Å². The zero-order valence-corrected chi connectivity index (χ0v) is 15.0. The molecular formula is C18H27N3O2S. The van der Waals surface area contributed by atoms with Crippen LogP contribution in [0.25, 0.3) is 5.70 Å². The Kier molecular flexibility index (Phi) is 5.79. The lowest BCUT2D eigenvalue weighted by Gasteiger charge is -2.38. The van der Waals surface area contributed by atoms with Crippen LogP contribution in [0.15, 0.2) is 30.8 Å². The summed E-state index contributed by atoms with van der Waals surface area (Å²) in [5.41, 5.74) is 2.66. The third-order valence-electron chi connectivity index (χ3n) is 5.18. The van der Waals surface area contributed by atoms with E-state index in [0.717, 1.165) is 43.4 Å². The van der Waals surface area contributed by atoms with E-state index in [1.165, 1.54) is 32.2 Å². The van der Waals surface area contributed by atoms with Crippen molar-refractivity contribution in [2.45, 2.75) is 25.7 Å². The SMILES string of the molecule is C=C(c1ccc(N[SH](=O)=O)cc1)N1CCN(CC2CCCC2)CC1. The maximum Gasteiger partial charge on any atom is 0.222 e. The minimum absolute atomic E-state index is 0.587. The van der Waals surface area contributed by atoms with Gasteiger partial charge in [0.15, 0.2) is 0 Å². The Bertz CT molecular complexity index is 620. The van der Waals surface area contributed by atoms with E-state index in [1.54, 1.807) is 12.1 Å². The fraction of sp³-hybridized carbons (Fsp3) is 0.556. The summed E-state index contributed by atoms with van der Waals surface area (Å²) in [7, 11) is -2.61. The van der Waals surface area contributed by atoms with Crippen LogP contribution in [0.2, 0.25) is 0 Å². The van der Waals surface area contributed by atoms with E-state index in [0.29, 0.717) is 5.69 Å². The van der Waals surface area contributed by atoms with Crippen LogP contribution in [0.4, 0.5) is 5.69 Å². The molecular weight excluding hydrogens is 322 g/mol. The van der Waals surface area contributed by atoms with E-state index >= 15 is 0 Å². The highest BCUT2D eigenvalue weighted by Gasteiger charge is 2.23. The number of hydrogen-bond acceptors (Lipinski definition) is 4. The zero-order valence-electron chi connectivity index (χ0n) is 14.1. The van der Waals surface area contributed by atoms with Gasteiger partial charge < -0.3 is 4.90 Å². The van der Waals surface area contributed by atoms with Crippen LogP contribution in [0.5, 0.6) is 0 Å². The van der Waals surface area contributed by atoms with Gasteiger partial charge in [-0.1, -0.05) is 31.6 Å². The fourth-order valence-corrected chi connectivity index (χ4v) is 4.14. The molecule has 2 aliphatic rings. The minimum Gasteiger partial charge on any atom is -0.369 e. The Balaban J connectivity index is 1.51. The Labute approximate surface area is 146 Å². The van der Waals surface area contributed by atoms with Gasteiger partial charge in [-0.15, -0.1) is 0 Å². The molecule has 1 saturated carbocycles. The zero-order chi connectivity index (χ0) is 16.9. The number of hydrogen-bond donors (Lipinski definition) is 2. The van der Waals surface area contributed by atoms with Crippen molar-refractivity contribution in [2.24, 2.45) is 5.92 Å². The van der Waals surface area contributed by atoms with Crippen molar-refractivity contribution in [2.75, 3.05) is 37.4 Å². The van der Waals surface area contributed by atoms with Gasteiger partial charge in [-0.25, -0.2) is 8.42 Å². The summed E-state index contributed by atoms with van der Waals surface area (Å²) in [4.78, 5) is 4.93. The second-order valence-electron chi connectivity index (χ2n) is 6.83. The molecule has 0 radical (unpaired) electrons. The summed E-state index contributed by atoms with van der Waals surface area (Å²) < 4.78 is 23.8. The molecule has 0 amide bonds. The van der Waals surface area contributed by atoms with Crippen molar-refractivity contribution >= 4 is 22.3 Å². The topological polar surface area (TPSA) is 52.7 Å². The molecule has 0 atom stereocenters. The van der Waals surface area contributed by atoms with Gasteiger partial charge in [0.05, 0.1) is 0 Å². The van der Waals surface area contributed by atoms with Crippen molar-refractivity contribution in [3.8, 4) is 0 Å². The first-order valence-electron chi connectivity index (χ1n) is 8.79. The molecule has 132 valence electrons. The molecule has 1 heterocycles. The summed E-state index contributed by atoms with van der Waals surface area (Å²) in [5, 5.41) is 0. The Morgan fingerprint density at radius 3 is 2.29 bits per heavy atom. The van der Waals surface area contributed by atoms with Crippen molar-refractivity contribution in [3.05, 3.63) is 36.4 Å². The highest BCUT2D eigenvalue weighted by atomic mass is 32.2. The number of thiol groups is 1. The van der Waals surface area contributed by atoms with Crippen molar-refractivity contribution in [1.82, 2.24) is 9.80 Å². The summed E-state index contributed by atoms with van der Waals surface area (Å²) in [6.07, 6.45) is 5.63. The Morgan fingerprint density at radius 1 is 1.08 bits per heavy atom. The number of nitrogens with zero attached hydrogens (tertiary/aromatic N) is 2. The number of piperazine rings is 1. The second-order valence-corrected chi connectivity index (χ2v) is 7.57. The molecule has 1 saturated heterocycles. The first-order valence-corrected chi connectivity index (χ1v) is 9.97. The highest BCUT2D eigenvalue weighted by Crippen LogP contribution is 2.26. The van der Waals surface area contributed by atoms with Crippen LogP contribution in [0, 0.1) is 5.92 Å². The molecule has 0 bridgehead atoms. The monoisotopic (exact) mass is 349 g/mol. The lowest BCUT2D eigenvalue weighted by Crippen LogP contribution is -2.46. The molecule has 6 heteroatoms. The van der Waals surface area contributed by atoms with Crippen molar-refractivity contribution in [1.29, 1.82) is 0 Å². The molecule has 1 aromatic rings. The molecule has 3 rings (SSSR count). The number of rotatable bonds is 6. The summed E-state index contributed by atoms with van der Waals surface area (Å²) in [6.45, 7) is 9.72. The highest BCUT2D eigenvalue weighted by molar-refractivity contribution is 7.73. The van der Waals surface area contributed by atoms with E-state index in [9.17, 15) is 8.42 Å². The number of benzene rings is 1. The smallest absolute Gasteiger partial charge is 0.222 e. The normalized spacial score (nSPS) is 19.8. The lowest BCUT2D eigenvalue weighted by atomic mass is 10.1. The van der Waals surface area contributed by atoms with Crippen LogP contribution >= 0.6 is 0 Å². The molecule has 1 aromatic carbocycles. The average molecular weight is 350 g/mol. The Hall–Kier alpha value is -1.53. The van der Waals surface area contributed by atoms with Gasteiger partial charge in [0.1, 0.15) is 0 Å². The van der Waals surface area contributed by atoms with E-state index in [1.807, 2.05) is 12.1 Å². The van der Waals surface area contributed by atoms with Crippen LogP contribution in [-0.4, -0.2) is 50.9 Å². The maximum absolute atomic E-state index is 10.7. The minimum atomic E-state index is -2.61. The summed E-state index contributed by atoms with van der Waals surface area (Å²) >= 11 is 0. The second kappa shape index (κ2) is 8.03. The van der Waals surface area contributed by atoms with Crippen LogP contribution in [-0.2, 0) is 10.9 Å². The molecule has 1 aliphatic heterocycles. The predicted molar refractivity (Wildman–Crippen MR) is 99.4 cm³/mol. The lowest BCUT2D eigenvalue weighted by molar-refractivity contribution is 0.155. The molecule has 0 unspecified atom stereocenters. The van der Waals surface area contributed by atoms with Gasteiger partial charge in [-0.2, -0.15) is 0 Å². The standard InChI is InChI=1S/C18H27N3O2S/c1-15(17-6-8-18(9-7-17)19-24(22)23)21-12-10-20(11-13-21)14-16-4-2-3-5-16/h6-9,16,24H,1-5,10-14H2,(H,19,22,23). The molecule has 24 heavy (non-hydrogen) atoms. The summed E-state index contributed by atoms with van der Waals surface area (Å²) in [6, 6.07) is 7.41. The number of nitrogens with one attached hydrogen (secondary N) is 1. The largest absolute Gasteiger partial charge is 0.369 e. The maximum atomic E-state index is 10.7. The molecule has 5 nitrogen and oxygen atoms in total. The van der Waals surface area contributed by atoms with E-state index in [2.05, 4.69) is 21.1 Å². The predicted octanol–water partition coefficient (Wildman–Crippen LogP) is 2.40. The fourth-order valence-electron chi connectivity index (χ4n) is 3.78. The summed E-state index contributed by atoms with van der Waals surface area (Å²) in [5.74, 6) is 0.910. The molecule has 0 spiro atoms. The third-order valence-corrected chi connectivity index (χ3v) is 5.62. The van der Waals surface area contributed by atoms with Gasteiger partial charge in [-0.05, 0) is 36.5 Å². The molecule has 0 aromatic heterocycles. The van der Waals surface area contributed by atoms with Crippen LogP contribution in [0.1, 0.15) is 31.2 Å². The average Bonchev–Trinajstić information content (AvgIpc) is 3.08. The van der Waals surface area contributed by atoms with Crippen molar-refractivity contribution in [3.63, 3.8) is 0 Å². The third kappa shape index (κ3) is 4.51. The first kappa shape index (κ1) is 17.3. The van der Waals surface area contributed by atoms with Gasteiger partial charge in [0.2, 0.25) is 10.9 Å². The van der Waals surface area contributed by atoms with Gasteiger partial charge in [0, 0.05) is 44.1 Å².